The second-order valence-electron chi connectivity index (χ2n) is 6.69. The van der Waals surface area contributed by atoms with Gasteiger partial charge >= 0.3 is 0 Å². The molecule has 1 fully saturated rings. The average molecular weight is 383 g/mol. The Bertz CT molecular complexity index is 557. The van der Waals surface area contributed by atoms with Crippen molar-refractivity contribution in [3.8, 4) is 5.75 Å². The summed E-state index contributed by atoms with van der Waals surface area (Å²) in [5.41, 5.74) is 6.45. The molecule has 1 aliphatic carbocycles. The molecule has 146 valence electrons. The van der Waals surface area contributed by atoms with Crippen molar-refractivity contribution in [2.24, 2.45) is 11.7 Å². The first-order valence-electron chi connectivity index (χ1n) is 9.39. The molecule has 6 heteroatoms. The minimum Gasteiger partial charge on any atom is -0.494 e. The molecule has 1 saturated carbocycles. The van der Waals surface area contributed by atoms with Crippen molar-refractivity contribution in [2.75, 3.05) is 13.2 Å². The first-order valence-corrected chi connectivity index (χ1v) is 9.39. The van der Waals surface area contributed by atoms with E-state index in [1.807, 2.05) is 6.92 Å². The first-order chi connectivity index (χ1) is 12.1. The van der Waals surface area contributed by atoms with Crippen molar-refractivity contribution in [3.63, 3.8) is 0 Å². The standard InChI is InChI=1S/C20H30N2O3.ClH/c1-2-25-17-10-8-16(9-11-17)19(23)12-13-20(24)22-18(14-21)15-6-4-3-5-7-15;/h8-11,15,18H,2-7,12-14,21H2,1H3,(H,22,24);1H. The van der Waals surface area contributed by atoms with E-state index in [1.165, 1.54) is 19.3 Å². The number of nitrogens with two attached hydrogens (primary N) is 1. The van der Waals surface area contributed by atoms with E-state index in [2.05, 4.69) is 5.32 Å². The zero-order chi connectivity index (χ0) is 18.1. The van der Waals surface area contributed by atoms with Crippen molar-refractivity contribution in [1.82, 2.24) is 5.32 Å². The summed E-state index contributed by atoms with van der Waals surface area (Å²) in [4.78, 5) is 24.4. The van der Waals surface area contributed by atoms with Gasteiger partial charge in [-0.1, -0.05) is 19.3 Å². The number of hydrogen-bond acceptors (Lipinski definition) is 4. The van der Waals surface area contributed by atoms with E-state index >= 15 is 0 Å². The Morgan fingerprint density at radius 3 is 2.38 bits per heavy atom. The SMILES string of the molecule is CCOc1ccc(C(=O)CCC(=O)NC(CN)C2CCCCC2)cc1.Cl. The van der Waals surface area contributed by atoms with Gasteiger partial charge in [-0.3, -0.25) is 9.59 Å². The normalized spacial score (nSPS) is 15.6. The Hall–Kier alpha value is -1.59. The first kappa shape index (κ1) is 22.5. The summed E-state index contributed by atoms with van der Waals surface area (Å²) >= 11 is 0. The van der Waals surface area contributed by atoms with Crippen LogP contribution in [0.3, 0.4) is 0 Å². The van der Waals surface area contributed by atoms with E-state index in [9.17, 15) is 9.59 Å². The summed E-state index contributed by atoms with van der Waals surface area (Å²) in [5, 5.41) is 3.03. The highest BCUT2D eigenvalue weighted by atomic mass is 35.5. The summed E-state index contributed by atoms with van der Waals surface area (Å²) < 4.78 is 5.37. The minimum atomic E-state index is -0.0830. The Morgan fingerprint density at radius 1 is 1.15 bits per heavy atom. The fourth-order valence-corrected chi connectivity index (χ4v) is 3.46. The molecule has 2 rings (SSSR count). The molecule has 0 aromatic heterocycles. The fourth-order valence-electron chi connectivity index (χ4n) is 3.46. The van der Waals surface area contributed by atoms with Gasteiger partial charge in [-0.05, 0) is 49.9 Å². The van der Waals surface area contributed by atoms with Gasteiger partial charge in [0.05, 0.1) is 6.61 Å². The average Bonchev–Trinajstić information content (AvgIpc) is 2.65. The molecule has 0 bridgehead atoms. The topological polar surface area (TPSA) is 81.4 Å². The largest absolute Gasteiger partial charge is 0.494 e. The molecule has 3 N–H and O–H groups in total. The Kier molecular flexibility index (Phi) is 10.3. The van der Waals surface area contributed by atoms with Gasteiger partial charge in [0.2, 0.25) is 5.91 Å². The van der Waals surface area contributed by atoms with Gasteiger partial charge in [0.1, 0.15) is 5.75 Å². The number of benzene rings is 1. The van der Waals surface area contributed by atoms with Crippen molar-refractivity contribution < 1.29 is 14.3 Å². The summed E-state index contributed by atoms with van der Waals surface area (Å²) in [5.74, 6) is 1.11. The van der Waals surface area contributed by atoms with Crippen molar-refractivity contribution in [1.29, 1.82) is 0 Å². The van der Waals surface area contributed by atoms with E-state index in [1.54, 1.807) is 24.3 Å². The third kappa shape index (κ3) is 6.96. The van der Waals surface area contributed by atoms with E-state index in [4.69, 9.17) is 10.5 Å². The second kappa shape index (κ2) is 11.9. The van der Waals surface area contributed by atoms with Crippen LogP contribution in [0.15, 0.2) is 24.3 Å². The third-order valence-corrected chi connectivity index (χ3v) is 4.89. The van der Waals surface area contributed by atoms with Gasteiger partial charge in [-0.25, -0.2) is 0 Å². The van der Waals surface area contributed by atoms with Gasteiger partial charge in [-0.15, -0.1) is 12.4 Å². The van der Waals surface area contributed by atoms with Crippen LogP contribution in [0, 0.1) is 5.92 Å². The predicted molar refractivity (Wildman–Crippen MR) is 106 cm³/mol. The van der Waals surface area contributed by atoms with Crippen molar-refractivity contribution >= 4 is 24.1 Å². The number of ketones is 1. The van der Waals surface area contributed by atoms with Crippen LogP contribution in [0.5, 0.6) is 5.75 Å². The van der Waals surface area contributed by atoms with Crippen LogP contribution >= 0.6 is 12.4 Å². The highest BCUT2D eigenvalue weighted by Gasteiger charge is 2.24. The number of ether oxygens (including phenoxy) is 1. The number of nitrogens with one attached hydrogen (secondary N) is 1. The van der Waals surface area contributed by atoms with Crippen LogP contribution < -0.4 is 15.8 Å². The van der Waals surface area contributed by atoms with E-state index in [0.29, 0.717) is 24.6 Å². The van der Waals surface area contributed by atoms with E-state index in [-0.39, 0.29) is 43.0 Å². The van der Waals surface area contributed by atoms with E-state index in [0.717, 1.165) is 18.6 Å². The molecule has 0 radical (unpaired) electrons. The maximum absolute atomic E-state index is 12.2. The molecule has 1 amide bonds. The maximum atomic E-state index is 12.2. The van der Waals surface area contributed by atoms with Crippen LogP contribution in [0.25, 0.3) is 0 Å². The summed E-state index contributed by atoms with van der Waals surface area (Å²) in [6, 6.07) is 7.09. The quantitative estimate of drug-likeness (QED) is 0.640. The second-order valence-corrected chi connectivity index (χ2v) is 6.69. The molecule has 1 unspecified atom stereocenters. The molecule has 0 spiro atoms. The van der Waals surface area contributed by atoms with E-state index < -0.39 is 0 Å². The zero-order valence-corrected chi connectivity index (χ0v) is 16.4. The smallest absolute Gasteiger partial charge is 0.220 e. The Labute approximate surface area is 162 Å². The molecule has 1 aromatic rings. The molecule has 1 aromatic carbocycles. The Morgan fingerprint density at radius 2 is 1.81 bits per heavy atom. The number of amides is 1. The van der Waals surface area contributed by atoms with Gasteiger partial charge < -0.3 is 15.8 Å². The van der Waals surface area contributed by atoms with Crippen LogP contribution in [0.2, 0.25) is 0 Å². The predicted octanol–water partition coefficient (Wildman–Crippen LogP) is 3.49. The number of Topliss-reactive ketones (excluding diaryl/α,β-unsaturated/α-hetero) is 1. The minimum absolute atomic E-state index is 0. The van der Waals surface area contributed by atoms with Crippen molar-refractivity contribution in [3.05, 3.63) is 29.8 Å². The van der Waals surface area contributed by atoms with Crippen LogP contribution in [0.1, 0.15) is 62.2 Å². The Balaban J connectivity index is 0.00000338. The van der Waals surface area contributed by atoms with Gasteiger partial charge in [0.25, 0.3) is 0 Å². The number of halogens is 1. The molecule has 1 aliphatic rings. The molecule has 5 nitrogen and oxygen atoms in total. The molecule has 0 aliphatic heterocycles. The number of rotatable bonds is 9. The maximum Gasteiger partial charge on any atom is 0.220 e. The third-order valence-electron chi connectivity index (χ3n) is 4.89. The van der Waals surface area contributed by atoms with Crippen LogP contribution in [-0.2, 0) is 4.79 Å². The van der Waals surface area contributed by atoms with Crippen LogP contribution in [0.4, 0.5) is 0 Å². The molecular formula is C20H31ClN2O3. The summed E-state index contributed by atoms with van der Waals surface area (Å²) in [6.45, 7) is 2.97. The molecule has 26 heavy (non-hydrogen) atoms. The van der Waals surface area contributed by atoms with Gasteiger partial charge in [-0.2, -0.15) is 0 Å². The lowest BCUT2D eigenvalue weighted by Crippen LogP contribution is -2.45. The highest BCUT2D eigenvalue weighted by molar-refractivity contribution is 5.98. The lowest BCUT2D eigenvalue weighted by atomic mass is 9.84. The van der Waals surface area contributed by atoms with Crippen molar-refractivity contribution in [2.45, 2.75) is 57.9 Å². The number of carbonyl (C=O) groups excluding carboxylic acids is 2. The van der Waals surface area contributed by atoms with Gasteiger partial charge in [0, 0.05) is 31.0 Å². The molecule has 0 heterocycles. The van der Waals surface area contributed by atoms with Crippen LogP contribution in [-0.4, -0.2) is 30.9 Å². The molecular weight excluding hydrogens is 352 g/mol. The highest BCUT2D eigenvalue weighted by Crippen LogP contribution is 2.26. The van der Waals surface area contributed by atoms with Gasteiger partial charge in [0.15, 0.2) is 5.78 Å². The zero-order valence-electron chi connectivity index (χ0n) is 15.5. The monoisotopic (exact) mass is 382 g/mol. The number of hydrogen-bond donors (Lipinski definition) is 2. The lowest BCUT2D eigenvalue weighted by molar-refractivity contribution is -0.122. The summed E-state index contributed by atoms with van der Waals surface area (Å²) in [7, 11) is 0. The number of carbonyl (C=O) groups is 2. The fraction of sp³-hybridized carbons (Fsp3) is 0.600. The summed E-state index contributed by atoms with van der Waals surface area (Å²) in [6.07, 6.45) is 6.39. The lowest BCUT2D eigenvalue weighted by Gasteiger charge is -2.30. The molecule has 1 atom stereocenters. The molecule has 0 saturated heterocycles.